The van der Waals surface area contributed by atoms with Crippen LogP contribution in [0.4, 0.5) is 10.5 Å². The fraction of sp³-hybridized carbons (Fsp3) is 0.333. The Kier molecular flexibility index (Phi) is 5.56. The molecule has 0 unspecified atom stereocenters. The van der Waals surface area contributed by atoms with Gasteiger partial charge in [-0.25, -0.2) is 4.79 Å². The van der Waals surface area contributed by atoms with Gasteiger partial charge in [0.1, 0.15) is 6.04 Å². The van der Waals surface area contributed by atoms with Crippen LogP contribution in [0.15, 0.2) is 48.5 Å². The highest BCUT2D eigenvalue weighted by atomic mass is 16.2. The maximum absolute atomic E-state index is 12.8. The van der Waals surface area contributed by atoms with Crippen molar-refractivity contribution in [2.24, 2.45) is 0 Å². The van der Waals surface area contributed by atoms with Crippen molar-refractivity contribution in [3.8, 4) is 0 Å². The quantitative estimate of drug-likeness (QED) is 0.884. The average Bonchev–Trinajstić information content (AvgIpc) is 3.13. The molecule has 2 aromatic carbocycles. The van der Waals surface area contributed by atoms with Crippen molar-refractivity contribution in [1.82, 2.24) is 10.2 Å². The Balaban J connectivity index is 1.63. The van der Waals surface area contributed by atoms with Crippen molar-refractivity contribution in [3.05, 3.63) is 65.2 Å². The highest BCUT2D eigenvalue weighted by Crippen LogP contribution is 2.23. The molecule has 1 aliphatic heterocycles. The van der Waals surface area contributed by atoms with E-state index in [0.717, 1.165) is 28.8 Å². The summed E-state index contributed by atoms with van der Waals surface area (Å²) >= 11 is 0. The first-order valence-electron chi connectivity index (χ1n) is 9.02. The maximum atomic E-state index is 12.8. The molecule has 0 bridgehead atoms. The molecule has 2 aromatic rings. The fourth-order valence-electron chi connectivity index (χ4n) is 3.38. The van der Waals surface area contributed by atoms with Gasteiger partial charge in [0.15, 0.2) is 0 Å². The normalized spacial score (nSPS) is 16.4. The van der Waals surface area contributed by atoms with E-state index in [4.69, 9.17) is 0 Å². The number of carbonyl (C=O) groups excluding carboxylic acids is 2. The van der Waals surface area contributed by atoms with Crippen molar-refractivity contribution in [2.45, 2.75) is 39.3 Å². The van der Waals surface area contributed by atoms with Crippen LogP contribution in [0.25, 0.3) is 0 Å². The van der Waals surface area contributed by atoms with Crippen molar-refractivity contribution in [2.75, 3.05) is 11.9 Å². The lowest BCUT2D eigenvalue weighted by Crippen LogP contribution is -2.47. The van der Waals surface area contributed by atoms with Gasteiger partial charge in [0.2, 0.25) is 5.91 Å². The first-order chi connectivity index (χ1) is 12.6. The predicted molar refractivity (Wildman–Crippen MR) is 103 cm³/mol. The average molecular weight is 351 g/mol. The topological polar surface area (TPSA) is 61.4 Å². The highest BCUT2D eigenvalue weighted by Gasteiger charge is 2.34. The fourth-order valence-corrected chi connectivity index (χ4v) is 3.38. The molecule has 1 aliphatic rings. The molecule has 0 aromatic heterocycles. The SMILES string of the molecule is Cc1cccc(C)c1NC(=O)[C@@H]1CCCN1C(=O)NCc1ccccc1. The number of hydrogen-bond donors (Lipinski definition) is 2. The molecule has 0 radical (unpaired) electrons. The zero-order chi connectivity index (χ0) is 18.5. The zero-order valence-corrected chi connectivity index (χ0v) is 15.3. The summed E-state index contributed by atoms with van der Waals surface area (Å²) in [5.41, 5.74) is 3.93. The number of amides is 3. The van der Waals surface area contributed by atoms with E-state index in [1.165, 1.54) is 0 Å². The molecule has 5 nitrogen and oxygen atoms in total. The Morgan fingerprint density at radius 2 is 1.73 bits per heavy atom. The lowest BCUT2D eigenvalue weighted by atomic mass is 10.1. The minimum absolute atomic E-state index is 0.116. The molecule has 0 saturated carbocycles. The predicted octanol–water partition coefficient (Wildman–Crippen LogP) is 3.62. The van der Waals surface area contributed by atoms with Crippen molar-refractivity contribution in [3.63, 3.8) is 0 Å². The van der Waals surface area contributed by atoms with Gasteiger partial charge in [-0.2, -0.15) is 0 Å². The molecule has 1 saturated heterocycles. The number of carbonyl (C=O) groups is 2. The minimum Gasteiger partial charge on any atom is -0.334 e. The Morgan fingerprint density at radius 1 is 1.04 bits per heavy atom. The number of benzene rings is 2. The number of likely N-dealkylation sites (tertiary alicyclic amines) is 1. The standard InChI is InChI=1S/C21H25N3O2/c1-15-8-6-9-16(2)19(15)23-20(25)18-12-7-13-24(18)21(26)22-14-17-10-4-3-5-11-17/h3-6,8-11,18H,7,12-14H2,1-2H3,(H,22,26)(H,23,25)/t18-/m0/s1. The van der Waals surface area contributed by atoms with E-state index in [2.05, 4.69) is 10.6 Å². The van der Waals surface area contributed by atoms with Crippen LogP contribution in [0.2, 0.25) is 0 Å². The van der Waals surface area contributed by atoms with Gasteiger partial charge < -0.3 is 15.5 Å². The maximum Gasteiger partial charge on any atom is 0.318 e. The van der Waals surface area contributed by atoms with Gasteiger partial charge in [0.05, 0.1) is 0 Å². The molecule has 0 spiro atoms. The Morgan fingerprint density at radius 3 is 2.42 bits per heavy atom. The molecule has 136 valence electrons. The zero-order valence-electron chi connectivity index (χ0n) is 15.3. The van der Waals surface area contributed by atoms with E-state index in [9.17, 15) is 9.59 Å². The Bertz CT molecular complexity index is 769. The van der Waals surface area contributed by atoms with Crippen LogP contribution in [0.3, 0.4) is 0 Å². The second-order valence-electron chi connectivity index (χ2n) is 6.75. The van der Waals surface area contributed by atoms with E-state index in [1.807, 2.05) is 62.4 Å². The minimum atomic E-state index is -0.426. The lowest BCUT2D eigenvalue weighted by Gasteiger charge is -2.25. The summed E-state index contributed by atoms with van der Waals surface area (Å²) in [4.78, 5) is 27.0. The molecular formula is C21H25N3O2. The van der Waals surface area contributed by atoms with E-state index < -0.39 is 6.04 Å². The molecular weight excluding hydrogens is 326 g/mol. The molecule has 2 N–H and O–H groups in total. The molecule has 26 heavy (non-hydrogen) atoms. The number of anilines is 1. The number of urea groups is 1. The molecule has 1 heterocycles. The van der Waals surface area contributed by atoms with Crippen LogP contribution < -0.4 is 10.6 Å². The highest BCUT2D eigenvalue weighted by molar-refractivity contribution is 5.98. The van der Waals surface area contributed by atoms with E-state index in [1.54, 1.807) is 4.90 Å². The molecule has 0 aliphatic carbocycles. The third-order valence-electron chi connectivity index (χ3n) is 4.83. The second-order valence-corrected chi connectivity index (χ2v) is 6.75. The second kappa shape index (κ2) is 8.04. The van der Waals surface area contributed by atoms with Crippen LogP contribution in [-0.4, -0.2) is 29.4 Å². The monoisotopic (exact) mass is 351 g/mol. The largest absolute Gasteiger partial charge is 0.334 e. The van der Waals surface area contributed by atoms with E-state index in [0.29, 0.717) is 19.5 Å². The van der Waals surface area contributed by atoms with Gasteiger partial charge >= 0.3 is 6.03 Å². The van der Waals surface area contributed by atoms with Gasteiger partial charge in [0.25, 0.3) is 0 Å². The number of nitrogens with zero attached hydrogens (tertiary/aromatic N) is 1. The van der Waals surface area contributed by atoms with Gasteiger partial charge in [-0.15, -0.1) is 0 Å². The van der Waals surface area contributed by atoms with Crippen molar-refractivity contribution in [1.29, 1.82) is 0 Å². The van der Waals surface area contributed by atoms with Gasteiger partial charge in [0, 0.05) is 18.8 Å². The summed E-state index contributed by atoms with van der Waals surface area (Å²) in [5, 5.41) is 5.94. The van der Waals surface area contributed by atoms with Crippen LogP contribution in [0.1, 0.15) is 29.5 Å². The Hall–Kier alpha value is -2.82. The van der Waals surface area contributed by atoms with Gasteiger partial charge in [-0.1, -0.05) is 48.5 Å². The summed E-state index contributed by atoms with van der Waals surface area (Å²) in [7, 11) is 0. The molecule has 1 fully saturated rings. The molecule has 5 heteroatoms. The van der Waals surface area contributed by atoms with Gasteiger partial charge in [-0.05, 0) is 43.4 Å². The number of aryl methyl sites for hydroxylation is 2. The van der Waals surface area contributed by atoms with E-state index in [-0.39, 0.29) is 11.9 Å². The summed E-state index contributed by atoms with van der Waals surface area (Å²) in [6.45, 7) is 5.01. The third kappa shape index (κ3) is 4.04. The lowest BCUT2D eigenvalue weighted by molar-refractivity contribution is -0.119. The van der Waals surface area contributed by atoms with Crippen LogP contribution in [0.5, 0.6) is 0 Å². The molecule has 3 rings (SSSR count). The van der Waals surface area contributed by atoms with E-state index >= 15 is 0 Å². The number of nitrogens with one attached hydrogen (secondary N) is 2. The molecule has 3 amide bonds. The summed E-state index contributed by atoms with van der Waals surface area (Å²) in [6, 6.07) is 15.1. The number of rotatable bonds is 4. The van der Waals surface area contributed by atoms with Crippen LogP contribution >= 0.6 is 0 Å². The van der Waals surface area contributed by atoms with Gasteiger partial charge in [-0.3, -0.25) is 4.79 Å². The van der Waals surface area contributed by atoms with Crippen molar-refractivity contribution < 1.29 is 9.59 Å². The van der Waals surface area contributed by atoms with Crippen LogP contribution in [-0.2, 0) is 11.3 Å². The first-order valence-corrected chi connectivity index (χ1v) is 9.02. The Labute approximate surface area is 154 Å². The third-order valence-corrected chi connectivity index (χ3v) is 4.83. The number of hydrogen-bond acceptors (Lipinski definition) is 2. The first kappa shape index (κ1) is 18.0. The summed E-state index contributed by atoms with van der Waals surface area (Å²) in [5.74, 6) is -0.116. The summed E-state index contributed by atoms with van der Waals surface area (Å²) in [6.07, 6.45) is 1.53. The molecule has 1 atom stereocenters. The van der Waals surface area contributed by atoms with Crippen molar-refractivity contribution >= 4 is 17.6 Å². The summed E-state index contributed by atoms with van der Waals surface area (Å²) < 4.78 is 0. The van der Waals surface area contributed by atoms with Crippen LogP contribution in [0, 0.1) is 13.8 Å². The number of para-hydroxylation sites is 1. The smallest absolute Gasteiger partial charge is 0.318 e.